The van der Waals surface area contributed by atoms with Gasteiger partial charge in [-0.2, -0.15) is 0 Å². The topological polar surface area (TPSA) is 212 Å². The fourth-order valence-corrected chi connectivity index (χ4v) is 17.1. The number of Topliss-reactive ketones (excluding diaryl/α,β-unsaturated/α-hetero) is 1. The first-order valence-electron chi connectivity index (χ1n) is 33.0. The Kier molecular flexibility index (Phi) is 18.0. The molecular weight excluding hydrogens is 1080 g/mol. The van der Waals surface area contributed by atoms with Crippen LogP contribution in [0.25, 0.3) is 0 Å². The van der Waals surface area contributed by atoms with Crippen LogP contribution in [0, 0.1) is 71.0 Å². The van der Waals surface area contributed by atoms with Gasteiger partial charge in [-0.25, -0.2) is 4.79 Å². The minimum absolute atomic E-state index is 0.0268. The minimum atomic E-state index is -1.65. The largest absolute Gasteiger partial charge is 0.507 e. The molecule has 7 N–H and O–H groups in total. The van der Waals surface area contributed by atoms with Gasteiger partial charge in [0.25, 0.3) is 0 Å². The van der Waals surface area contributed by atoms with Crippen LogP contribution in [0.4, 0.5) is 5.69 Å². The summed E-state index contributed by atoms with van der Waals surface area (Å²) < 4.78 is 19.6. The van der Waals surface area contributed by atoms with Gasteiger partial charge in [0.15, 0.2) is 0 Å². The number of esters is 2. The van der Waals surface area contributed by atoms with Crippen molar-refractivity contribution in [2.75, 3.05) is 18.5 Å². The van der Waals surface area contributed by atoms with Gasteiger partial charge in [0.2, 0.25) is 0 Å². The van der Waals surface area contributed by atoms with E-state index in [9.17, 15) is 40.2 Å². The lowest BCUT2D eigenvalue weighted by Gasteiger charge is -2.59. The SMILES string of the molecule is CC(C)CC[C@@H]1C#CC2CCC(CC2)OC[C@@H](O)[C@@](C)(O)CNc2cc([C@@H]3C#C[C@@H]4CC(=O)Oc5c4cc(c(O)c5C4CCCCC4)C[C@H]4OC(=O)/C(=C\[C@H](O)Cc5cccc(c5)C[C@H]5C(=O)CC[C@@H]6[C@H]5C[C@@H]5CCCC[C@H]5[C@]64O)C3)cc(c2)[C@@H]1O. The van der Waals surface area contributed by atoms with E-state index in [4.69, 9.17) is 14.2 Å². The van der Waals surface area contributed by atoms with Gasteiger partial charge in [-0.15, -0.1) is 0 Å². The number of anilines is 1. The minimum Gasteiger partial charge on any atom is -0.507 e. The molecule has 0 saturated heterocycles. The molecule has 14 bridgehead atoms. The number of carbonyl (C=O) groups is 3. The molecule has 3 aromatic rings. The van der Waals surface area contributed by atoms with Crippen LogP contribution in [0.1, 0.15) is 212 Å². The van der Waals surface area contributed by atoms with Crippen molar-refractivity contribution in [3.8, 4) is 35.2 Å². The van der Waals surface area contributed by atoms with Gasteiger partial charge in [0.05, 0.1) is 43.2 Å². The number of ether oxygens (including phenoxy) is 3. The standard InChI is InChI=1S/C73H91NO12/c1-42(2)16-20-47-21-17-43-18-24-57(25-19-43)84-40-64(77)72(3,82)41-74-55-33-51(32-52(34-55)68(47)79)48-22-23-49-39-66(78)86-70-58(49)37-53(69(80)67(70)46-12-5-4-6-13-46)38-65-73(83)61-15-8-7-14-50(61)36-59-60(63(76)27-26-62(59)73)30-45-11-9-10-44(28-45)29-56(75)35-54(31-48)71(81)85-65/h9-11,28,32-35,37,42-43,46-50,56-57,59-62,64-65,68,74-75,77,79-80,82-83H,4-8,12-16,18-20,24-27,29-31,36,38-41H2,1-3H3/b54-35-/t43?,47-,48-,49-,50+,56-,57?,59+,60-,61-,62-,64-,65-,68-,72+,73+/m1/s1. The van der Waals surface area contributed by atoms with Gasteiger partial charge >= 0.3 is 11.9 Å². The van der Waals surface area contributed by atoms with Crippen LogP contribution in [0.15, 0.2) is 60.2 Å². The van der Waals surface area contributed by atoms with Crippen molar-refractivity contribution < 1.29 is 59.2 Å². The fraction of sp³-hybridized carbons (Fsp3) is 0.630. The van der Waals surface area contributed by atoms with Crippen molar-refractivity contribution in [2.24, 2.45) is 47.3 Å². The molecule has 3 aromatic carbocycles. The van der Waals surface area contributed by atoms with Crippen molar-refractivity contribution >= 4 is 23.4 Å². The summed E-state index contributed by atoms with van der Waals surface area (Å²) in [6.07, 6.45) is 11.2. The zero-order chi connectivity index (χ0) is 60.0. The van der Waals surface area contributed by atoms with E-state index in [2.05, 4.69) is 48.9 Å². The summed E-state index contributed by atoms with van der Waals surface area (Å²) in [5.74, 6) is 10.6. The molecule has 460 valence electrons. The predicted octanol–water partition coefficient (Wildman–Crippen LogP) is 10.9. The van der Waals surface area contributed by atoms with Crippen LogP contribution < -0.4 is 10.1 Å². The first kappa shape index (κ1) is 60.8. The number of benzene rings is 3. The number of fused-ring (bicyclic) bond motifs is 18. The number of nitrogens with one attached hydrogen (secondary N) is 1. The quantitative estimate of drug-likeness (QED) is 0.0721. The zero-order valence-electron chi connectivity index (χ0n) is 50.7. The number of rotatable bonds is 5. The second-order valence-corrected chi connectivity index (χ2v) is 28.3. The van der Waals surface area contributed by atoms with E-state index in [0.29, 0.717) is 70.9 Å². The Balaban J connectivity index is 1.06. The van der Waals surface area contributed by atoms with Crippen LogP contribution in [-0.4, -0.2) is 97.1 Å². The summed E-state index contributed by atoms with van der Waals surface area (Å²) in [6, 6.07) is 15.5. The number of ketones is 1. The van der Waals surface area contributed by atoms with Crippen molar-refractivity contribution in [1.29, 1.82) is 0 Å². The van der Waals surface area contributed by atoms with E-state index in [1.165, 1.54) is 0 Å². The lowest BCUT2D eigenvalue weighted by Crippen LogP contribution is -2.65. The Morgan fingerprint density at radius 3 is 2.29 bits per heavy atom. The van der Waals surface area contributed by atoms with Crippen LogP contribution in [0.5, 0.6) is 11.5 Å². The Morgan fingerprint density at radius 2 is 1.50 bits per heavy atom. The third kappa shape index (κ3) is 12.7. The maximum Gasteiger partial charge on any atom is 0.334 e. The summed E-state index contributed by atoms with van der Waals surface area (Å²) in [5.41, 5.74) is 1.96. The highest BCUT2D eigenvalue weighted by Crippen LogP contribution is 2.59. The lowest BCUT2D eigenvalue weighted by atomic mass is 9.48. The average molecular weight is 1170 g/mol. The van der Waals surface area contributed by atoms with Crippen LogP contribution in [-0.2, 0) is 43.1 Å². The second-order valence-electron chi connectivity index (χ2n) is 28.3. The normalized spacial score (nSPS) is 36.6. The highest BCUT2D eigenvalue weighted by Gasteiger charge is 2.62. The van der Waals surface area contributed by atoms with Gasteiger partial charge in [-0.05, 0) is 178 Å². The molecule has 0 unspecified atom stereocenters. The third-order valence-corrected chi connectivity index (χ3v) is 21.9. The summed E-state index contributed by atoms with van der Waals surface area (Å²) in [6.45, 7) is 5.74. The average Bonchev–Trinajstić information content (AvgIpc) is 0.915. The van der Waals surface area contributed by atoms with Crippen molar-refractivity contribution in [2.45, 2.75) is 228 Å². The number of aliphatic hydroxyl groups is 5. The van der Waals surface area contributed by atoms with Gasteiger partial charge < -0.3 is 50.2 Å². The molecule has 5 saturated carbocycles. The number of phenolic OH excluding ortho intramolecular Hbond substituents is 1. The van der Waals surface area contributed by atoms with E-state index in [0.717, 1.165) is 101 Å². The van der Waals surface area contributed by atoms with Gasteiger partial charge in [-0.3, -0.25) is 9.59 Å². The molecule has 5 fully saturated rings. The molecule has 0 amide bonds. The Labute approximate surface area is 508 Å². The number of aliphatic hydroxyl groups excluding tert-OH is 3. The van der Waals surface area contributed by atoms with E-state index < -0.39 is 71.2 Å². The monoisotopic (exact) mass is 1170 g/mol. The molecule has 5 aliphatic carbocycles. The third-order valence-electron chi connectivity index (χ3n) is 21.9. The van der Waals surface area contributed by atoms with Gasteiger partial charge in [-0.1, -0.05) is 106 Å². The van der Waals surface area contributed by atoms with Crippen molar-refractivity contribution in [3.63, 3.8) is 0 Å². The molecule has 14 atom stereocenters. The van der Waals surface area contributed by atoms with E-state index >= 15 is 4.79 Å². The lowest BCUT2D eigenvalue weighted by molar-refractivity contribution is -0.228. The molecule has 5 aliphatic heterocycles. The highest BCUT2D eigenvalue weighted by atomic mass is 16.6. The van der Waals surface area contributed by atoms with E-state index in [1.54, 1.807) is 13.0 Å². The predicted molar refractivity (Wildman–Crippen MR) is 327 cm³/mol. The molecule has 0 radical (unpaired) electrons. The number of hydrogen-bond donors (Lipinski definition) is 7. The molecule has 13 heteroatoms. The first-order chi connectivity index (χ1) is 41.4. The summed E-state index contributed by atoms with van der Waals surface area (Å²) >= 11 is 0. The molecule has 0 spiro atoms. The molecular formula is C73H91NO12. The maximum atomic E-state index is 16.1. The summed E-state index contributed by atoms with van der Waals surface area (Å²) in [5, 5.41) is 79.4. The van der Waals surface area contributed by atoms with Crippen molar-refractivity contribution in [1.82, 2.24) is 0 Å². The van der Waals surface area contributed by atoms with Crippen LogP contribution >= 0.6 is 0 Å². The number of carbonyl (C=O) groups excluding carboxylic acids is 3. The smallest absolute Gasteiger partial charge is 0.334 e. The molecule has 0 aromatic heterocycles. The Morgan fingerprint density at radius 1 is 0.756 bits per heavy atom. The maximum absolute atomic E-state index is 16.1. The van der Waals surface area contributed by atoms with E-state index in [-0.39, 0.29) is 104 Å². The molecule has 10 aliphatic rings. The van der Waals surface area contributed by atoms with Gasteiger partial charge in [0, 0.05) is 65.9 Å². The summed E-state index contributed by atoms with van der Waals surface area (Å²) in [7, 11) is 0. The molecule has 86 heavy (non-hydrogen) atoms. The highest BCUT2D eigenvalue weighted by molar-refractivity contribution is 5.89. The van der Waals surface area contributed by atoms with Crippen LogP contribution in [0.2, 0.25) is 0 Å². The fourth-order valence-electron chi connectivity index (χ4n) is 17.1. The summed E-state index contributed by atoms with van der Waals surface area (Å²) in [4.78, 5) is 44.6. The number of hydrogen-bond acceptors (Lipinski definition) is 13. The van der Waals surface area contributed by atoms with Gasteiger partial charge in [0.1, 0.15) is 40.7 Å². The van der Waals surface area contributed by atoms with E-state index in [1.807, 2.05) is 42.5 Å². The Bertz CT molecular complexity index is 3180. The zero-order valence-corrected chi connectivity index (χ0v) is 50.7. The Hall–Kier alpha value is -5.51. The number of aromatic hydroxyl groups is 1. The van der Waals surface area contributed by atoms with Crippen molar-refractivity contribution in [3.05, 3.63) is 99.1 Å². The molecule has 5 heterocycles. The molecule has 13 nitrogen and oxygen atoms in total. The number of phenols is 1. The first-order valence-corrected chi connectivity index (χ1v) is 33.0. The second kappa shape index (κ2) is 25.5. The molecule has 13 rings (SSSR count). The van der Waals surface area contributed by atoms with Crippen LogP contribution in [0.3, 0.4) is 0 Å².